The molecule has 2 bridgehead atoms. The number of fused-ring (bicyclic) bond motifs is 5. The predicted molar refractivity (Wildman–Crippen MR) is 76.7 cm³/mol. The summed E-state index contributed by atoms with van der Waals surface area (Å²) in [6.07, 6.45) is 6.65. The van der Waals surface area contributed by atoms with Crippen molar-refractivity contribution in [1.82, 2.24) is 10.3 Å². The average Bonchev–Trinajstić information content (AvgIpc) is 2.84. The Morgan fingerprint density at radius 1 is 1.26 bits per heavy atom. The van der Waals surface area contributed by atoms with Crippen LogP contribution in [0, 0.1) is 36.5 Å². The van der Waals surface area contributed by atoms with Crippen molar-refractivity contribution in [2.24, 2.45) is 29.6 Å². The van der Waals surface area contributed by atoms with Gasteiger partial charge in [0.15, 0.2) is 0 Å². The van der Waals surface area contributed by atoms with Gasteiger partial charge in [0.05, 0.1) is 0 Å². The number of pyridine rings is 1. The Morgan fingerprint density at radius 3 is 2.58 bits per heavy atom. The van der Waals surface area contributed by atoms with Crippen molar-refractivity contribution in [2.75, 3.05) is 6.54 Å². The van der Waals surface area contributed by atoms with E-state index in [9.17, 15) is 0 Å². The second-order valence-corrected chi connectivity index (χ2v) is 6.83. The van der Waals surface area contributed by atoms with Gasteiger partial charge in [0.25, 0.3) is 0 Å². The summed E-state index contributed by atoms with van der Waals surface area (Å²) in [7, 11) is 0. The Hall–Kier alpha value is -0.890. The zero-order valence-electron chi connectivity index (χ0n) is 12.0. The maximum atomic E-state index is 4.50. The minimum Gasteiger partial charge on any atom is -0.310 e. The summed E-state index contributed by atoms with van der Waals surface area (Å²) in [6, 6.07) is 4.99. The smallest absolute Gasteiger partial charge is 0.0372 e. The minimum absolute atomic E-state index is 0.552. The SMILES string of the molecule is CCNC(c1ccc(C)nc1)C1C2C3CCC(C3)C21. The molecule has 3 aliphatic rings. The third kappa shape index (κ3) is 1.76. The maximum Gasteiger partial charge on any atom is 0.0372 e. The minimum atomic E-state index is 0.552. The van der Waals surface area contributed by atoms with Crippen molar-refractivity contribution >= 4 is 0 Å². The molecule has 5 unspecified atom stereocenters. The molecule has 1 heterocycles. The molecule has 19 heavy (non-hydrogen) atoms. The van der Waals surface area contributed by atoms with Crippen LogP contribution >= 0.6 is 0 Å². The van der Waals surface area contributed by atoms with E-state index < -0.39 is 0 Å². The van der Waals surface area contributed by atoms with Gasteiger partial charge in [0, 0.05) is 17.9 Å². The van der Waals surface area contributed by atoms with E-state index in [-0.39, 0.29) is 0 Å². The fourth-order valence-electron chi connectivity index (χ4n) is 5.20. The summed E-state index contributed by atoms with van der Waals surface area (Å²) in [5.74, 6) is 5.07. The Bertz CT molecular complexity index is 451. The highest BCUT2D eigenvalue weighted by Gasteiger charge is 2.66. The van der Waals surface area contributed by atoms with Crippen molar-refractivity contribution < 1.29 is 0 Å². The Kier molecular flexibility index (Phi) is 2.70. The van der Waals surface area contributed by atoms with Crippen LogP contribution in [0.3, 0.4) is 0 Å². The van der Waals surface area contributed by atoms with E-state index >= 15 is 0 Å². The van der Waals surface area contributed by atoms with Gasteiger partial charge in [-0.3, -0.25) is 4.98 Å². The number of hydrogen-bond donors (Lipinski definition) is 1. The van der Waals surface area contributed by atoms with E-state index in [2.05, 4.69) is 42.5 Å². The molecule has 3 fully saturated rings. The highest BCUT2D eigenvalue weighted by molar-refractivity contribution is 5.25. The van der Waals surface area contributed by atoms with Crippen molar-refractivity contribution in [3.63, 3.8) is 0 Å². The Labute approximate surface area is 116 Å². The van der Waals surface area contributed by atoms with E-state index in [4.69, 9.17) is 0 Å². The first-order chi connectivity index (χ1) is 9.29. The second kappa shape index (κ2) is 4.31. The molecule has 0 amide bonds. The first-order valence-electron chi connectivity index (χ1n) is 7.95. The van der Waals surface area contributed by atoms with E-state index in [1.807, 2.05) is 0 Å². The van der Waals surface area contributed by atoms with Crippen molar-refractivity contribution in [3.8, 4) is 0 Å². The van der Waals surface area contributed by atoms with Gasteiger partial charge in [0.2, 0.25) is 0 Å². The molecule has 1 aromatic heterocycles. The lowest BCUT2D eigenvalue weighted by Crippen LogP contribution is -2.25. The van der Waals surface area contributed by atoms with Gasteiger partial charge in [-0.15, -0.1) is 0 Å². The molecule has 1 aromatic rings. The molecule has 0 spiro atoms. The summed E-state index contributed by atoms with van der Waals surface area (Å²) < 4.78 is 0. The van der Waals surface area contributed by atoms with Gasteiger partial charge in [-0.1, -0.05) is 13.0 Å². The topological polar surface area (TPSA) is 24.9 Å². The van der Waals surface area contributed by atoms with Gasteiger partial charge in [0.1, 0.15) is 0 Å². The van der Waals surface area contributed by atoms with Crippen LogP contribution in [0.15, 0.2) is 18.3 Å². The van der Waals surface area contributed by atoms with Crippen LogP contribution in [0.4, 0.5) is 0 Å². The maximum absolute atomic E-state index is 4.50. The lowest BCUT2D eigenvalue weighted by Gasteiger charge is -2.21. The van der Waals surface area contributed by atoms with Gasteiger partial charge < -0.3 is 5.32 Å². The molecule has 2 heteroatoms. The van der Waals surface area contributed by atoms with Crippen molar-refractivity contribution in [1.29, 1.82) is 0 Å². The monoisotopic (exact) mass is 256 g/mol. The van der Waals surface area contributed by atoms with Crippen LogP contribution in [-0.2, 0) is 0 Å². The van der Waals surface area contributed by atoms with Crippen molar-refractivity contribution in [3.05, 3.63) is 29.6 Å². The Morgan fingerprint density at radius 2 is 2.00 bits per heavy atom. The van der Waals surface area contributed by atoms with Gasteiger partial charge in [-0.2, -0.15) is 0 Å². The van der Waals surface area contributed by atoms with Crippen LogP contribution in [0.5, 0.6) is 0 Å². The molecule has 4 rings (SSSR count). The highest BCUT2D eigenvalue weighted by Crippen LogP contribution is 2.72. The average molecular weight is 256 g/mol. The molecular weight excluding hydrogens is 232 g/mol. The molecule has 0 saturated heterocycles. The standard InChI is InChI=1S/C17H24N2/c1-3-18-17(13-5-4-10(2)19-9-13)16-14-11-6-7-12(8-11)15(14)16/h4-5,9,11-12,14-18H,3,6-8H2,1-2H3. The number of hydrogen-bond acceptors (Lipinski definition) is 2. The van der Waals surface area contributed by atoms with E-state index in [1.165, 1.54) is 24.8 Å². The molecule has 0 aromatic carbocycles. The van der Waals surface area contributed by atoms with E-state index in [1.54, 1.807) is 0 Å². The number of nitrogens with zero attached hydrogens (tertiary/aromatic N) is 1. The third-order valence-electron chi connectivity index (χ3n) is 5.90. The second-order valence-electron chi connectivity index (χ2n) is 6.83. The van der Waals surface area contributed by atoms with E-state index in [0.29, 0.717) is 6.04 Å². The normalized spacial score (nSPS) is 40.2. The van der Waals surface area contributed by atoms with Gasteiger partial charge >= 0.3 is 0 Å². The number of nitrogens with one attached hydrogen (secondary N) is 1. The lowest BCUT2D eigenvalue weighted by molar-refractivity contribution is 0.374. The van der Waals surface area contributed by atoms with Crippen LogP contribution in [0.1, 0.15) is 43.5 Å². The predicted octanol–water partition coefficient (Wildman–Crippen LogP) is 3.33. The molecule has 1 N–H and O–H groups in total. The summed E-state index contributed by atoms with van der Waals surface area (Å²) in [5.41, 5.74) is 2.53. The lowest BCUT2D eigenvalue weighted by atomic mass is 9.93. The summed E-state index contributed by atoms with van der Waals surface area (Å²) in [6.45, 7) is 5.35. The zero-order valence-corrected chi connectivity index (χ0v) is 12.0. The number of aryl methyl sites for hydroxylation is 1. The van der Waals surface area contributed by atoms with Gasteiger partial charge in [-0.25, -0.2) is 0 Å². The number of aromatic nitrogens is 1. The number of rotatable bonds is 4. The third-order valence-corrected chi connectivity index (χ3v) is 5.90. The summed E-state index contributed by atoms with van der Waals surface area (Å²) in [4.78, 5) is 4.50. The van der Waals surface area contributed by atoms with Crippen molar-refractivity contribution in [2.45, 2.75) is 39.2 Å². The fraction of sp³-hybridized carbons (Fsp3) is 0.706. The molecule has 2 nitrogen and oxygen atoms in total. The molecule has 3 aliphatic carbocycles. The zero-order chi connectivity index (χ0) is 13.0. The molecular formula is C17H24N2. The quantitative estimate of drug-likeness (QED) is 0.893. The Balaban J connectivity index is 1.58. The first-order valence-corrected chi connectivity index (χ1v) is 7.95. The molecule has 0 aliphatic heterocycles. The molecule has 3 saturated carbocycles. The van der Waals surface area contributed by atoms with E-state index in [0.717, 1.165) is 41.8 Å². The summed E-state index contributed by atoms with van der Waals surface area (Å²) in [5, 5.41) is 3.74. The molecule has 5 atom stereocenters. The largest absolute Gasteiger partial charge is 0.310 e. The van der Waals surface area contributed by atoms with Crippen LogP contribution in [-0.4, -0.2) is 11.5 Å². The highest BCUT2D eigenvalue weighted by atomic mass is 15.0. The molecule has 102 valence electrons. The van der Waals surface area contributed by atoms with Crippen LogP contribution in [0.2, 0.25) is 0 Å². The first kappa shape index (κ1) is 11.9. The molecule has 0 radical (unpaired) electrons. The van der Waals surface area contributed by atoms with Crippen LogP contribution in [0.25, 0.3) is 0 Å². The fourth-order valence-corrected chi connectivity index (χ4v) is 5.20. The van der Waals surface area contributed by atoms with Gasteiger partial charge in [-0.05, 0) is 74.0 Å². The summed E-state index contributed by atoms with van der Waals surface area (Å²) >= 11 is 0. The van der Waals surface area contributed by atoms with Crippen LogP contribution < -0.4 is 5.32 Å².